The van der Waals surface area contributed by atoms with Gasteiger partial charge in [-0.2, -0.15) is 0 Å². The van der Waals surface area contributed by atoms with Gasteiger partial charge in [-0.3, -0.25) is 19.9 Å². The summed E-state index contributed by atoms with van der Waals surface area (Å²) in [6, 6.07) is 14.8. The van der Waals surface area contributed by atoms with Gasteiger partial charge in [-0.25, -0.2) is 4.98 Å². The van der Waals surface area contributed by atoms with E-state index in [1.807, 2.05) is 0 Å². The molecule has 132 valence electrons. The molecule has 8 heteroatoms. The third-order valence-electron chi connectivity index (χ3n) is 4.02. The molecule has 0 aliphatic carbocycles. The van der Waals surface area contributed by atoms with Crippen molar-refractivity contribution in [2.45, 2.75) is 0 Å². The zero-order valence-electron chi connectivity index (χ0n) is 13.9. The number of amides is 1. The summed E-state index contributed by atoms with van der Waals surface area (Å²) in [6.45, 7) is 0. The molecule has 2 aromatic carbocycles. The van der Waals surface area contributed by atoms with Crippen LogP contribution in [0.25, 0.3) is 22.4 Å². The average Bonchev–Trinajstić information content (AvgIpc) is 3.12. The van der Waals surface area contributed by atoms with Crippen LogP contribution in [0.4, 0.5) is 11.4 Å². The monoisotopic (exact) mass is 359 g/mol. The molecule has 2 aromatic heterocycles. The van der Waals surface area contributed by atoms with Crippen molar-refractivity contribution < 1.29 is 9.72 Å². The van der Waals surface area contributed by atoms with E-state index in [0.29, 0.717) is 28.1 Å². The molecular formula is C19H13N5O3. The Bertz CT molecular complexity index is 1140. The van der Waals surface area contributed by atoms with E-state index in [0.717, 1.165) is 5.56 Å². The second-order valence-corrected chi connectivity index (χ2v) is 5.82. The summed E-state index contributed by atoms with van der Waals surface area (Å²) in [5.41, 5.74) is 3.22. The smallest absolute Gasteiger partial charge is 0.269 e. The van der Waals surface area contributed by atoms with Crippen molar-refractivity contribution in [2.24, 2.45) is 0 Å². The summed E-state index contributed by atoms with van der Waals surface area (Å²) in [5, 5.41) is 13.5. The molecule has 27 heavy (non-hydrogen) atoms. The number of aromatic amines is 1. The minimum Gasteiger partial charge on any atom is -0.338 e. The van der Waals surface area contributed by atoms with E-state index in [4.69, 9.17) is 0 Å². The minimum atomic E-state index is -0.449. The molecule has 4 aromatic rings. The third-order valence-corrected chi connectivity index (χ3v) is 4.02. The van der Waals surface area contributed by atoms with E-state index in [1.54, 1.807) is 54.9 Å². The lowest BCUT2D eigenvalue weighted by atomic mass is 10.2. The first kappa shape index (κ1) is 16.4. The number of nitrogens with zero attached hydrogens (tertiary/aromatic N) is 3. The van der Waals surface area contributed by atoms with Crippen LogP contribution in [0, 0.1) is 10.1 Å². The average molecular weight is 359 g/mol. The van der Waals surface area contributed by atoms with Gasteiger partial charge in [0.25, 0.3) is 11.6 Å². The largest absolute Gasteiger partial charge is 0.338 e. The van der Waals surface area contributed by atoms with Crippen molar-refractivity contribution in [2.75, 3.05) is 5.32 Å². The lowest BCUT2D eigenvalue weighted by Gasteiger charge is -2.04. The Morgan fingerprint density at radius 2 is 1.93 bits per heavy atom. The van der Waals surface area contributed by atoms with Crippen LogP contribution in [0.2, 0.25) is 0 Å². The standard InChI is InChI=1S/C19H13N5O3/c25-19(21-14-2-1-9-20-11-14)13-5-8-16-17(10-13)23-18(22-16)12-3-6-15(7-4-12)24(26)27/h1-11H,(H,21,25)(H,22,23). The number of carbonyl (C=O) groups is 1. The fourth-order valence-electron chi connectivity index (χ4n) is 2.67. The molecule has 0 bridgehead atoms. The number of rotatable bonds is 4. The minimum absolute atomic E-state index is 0.0178. The van der Waals surface area contributed by atoms with Crippen LogP contribution < -0.4 is 5.32 Å². The number of nitrogens with one attached hydrogen (secondary N) is 2. The SMILES string of the molecule is O=C(Nc1cccnc1)c1ccc2nc(-c3ccc([N+](=O)[O-])cc3)[nH]c2c1. The van der Waals surface area contributed by atoms with Gasteiger partial charge in [-0.15, -0.1) is 0 Å². The zero-order chi connectivity index (χ0) is 18.8. The Labute approximate surface area is 153 Å². The van der Waals surface area contributed by atoms with Crippen LogP contribution in [0.3, 0.4) is 0 Å². The highest BCUT2D eigenvalue weighted by Gasteiger charge is 2.11. The maximum atomic E-state index is 12.4. The third kappa shape index (κ3) is 3.36. The molecular weight excluding hydrogens is 346 g/mol. The lowest BCUT2D eigenvalue weighted by Crippen LogP contribution is -2.11. The molecule has 2 heterocycles. The Morgan fingerprint density at radius 1 is 1.11 bits per heavy atom. The highest BCUT2D eigenvalue weighted by molar-refractivity contribution is 6.06. The first-order valence-corrected chi connectivity index (χ1v) is 8.06. The Hall–Kier alpha value is -4.07. The van der Waals surface area contributed by atoms with Crippen molar-refractivity contribution in [1.82, 2.24) is 15.0 Å². The van der Waals surface area contributed by atoms with Gasteiger partial charge in [0, 0.05) is 29.5 Å². The fraction of sp³-hybridized carbons (Fsp3) is 0. The maximum absolute atomic E-state index is 12.4. The van der Waals surface area contributed by atoms with Crippen molar-refractivity contribution >= 4 is 28.3 Å². The molecule has 1 amide bonds. The number of carbonyl (C=O) groups excluding carboxylic acids is 1. The van der Waals surface area contributed by atoms with Crippen molar-refractivity contribution in [3.05, 3.63) is 82.7 Å². The summed E-state index contributed by atoms with van der Waals surface area (Å²) in [5.74, 6) is 0.320. The Balaban J connectivity index is 1.61. The molecule has 2 N–H and O–H groups in total. The van der Waals surface area contributed by atoms with Gasteiger partial charge in [0.2, 0.25) is 0 Å². The highest BCUT2D eigenvalue weighted by atomic mass is 16.6. The normalized spacial score (nSPS) is 10.7. The second kappa shape index (κ2) is 6.68. The number of anilines is 1. The second-order valence-electron chi connectivity index (χ2n) is 5.82. The number of non-ortho nitro benzene ring substituents is 1. The molecule has 4 rings (SSSR count). The number of benzene rings is 2. The van der Waals surface area contributed by atoms with E-state index >= 15 is 0 Å². The maximum Gasteiger partial charge on any atom is 0.269 e. The predicted octanol–water partition coefficient (Wildman–Crippen LogP) is 3.79. The van der Waals surface area contributed by atoms with Crippen LogP contribution in [-0.2, 0) is 0 Å². The Morgan fingerprint density at radius 3 is 2.63 bits per heavy atom. The van der Waals surface area contributed by atoms with Gasteiger partial charge in [0.05, 0.1) is 27.8 Å². The lowest BCUT2D eigenvalue weighted by molar-refractivity contribution is -0.384. The summed E-state index contributed by atoms with van der Waals surface area (Å²) in [4.78, 5) is 34.3. The number of nitro benzene ring substituents is 1. The molecule has 0 saturated heterocycles. The van der Waals surface area contributed by atoms with Gasteiger partial charge >= 0.3 is 0 Å². The molecule has 0 unspecified atom stereocenters. The first-order chi connectivity index (χ1) is 13.1. The number of hydrogen-bond donors (Lipinski definition) is 2. The summed E-state index contributed by atoms with van der Waals surface area (Å²) in [7, 11) is 0. The number of H-pyrrole nitrogens is 1. The van der Waals surface area contributed by atoms with E-state index in [9.17, 15) is 14.9 Å². The van der Waals surface area contributed by atoms with E-state index in [-0.39, 0.29) is 11.6 Å². The summed E-state index contributed by atoms with van der Waals surface area (Å²) < 4.78 is 0. The van der Waals surface area contributed by atoms with Gasteiger partial charge < -0.3 is 10.3 Å². The van der Waals surface area contributed by atoms with Crippen LogP contribution in [0.15, 0.2) is 67.0 Å². The fourth-order valence-corrected chi connectivity index (χ4v) is 2.67. The molecule has 0 fully saturated rings. The highest BCUT2D eigenvalue weighted by Crippen LogP contribution is 2.23. The molecule has 0 saturated carbocycles. The molecule has 0 spiro atoms. The summed E-state index contributed by atoms with van der Waals surface area (Å²) >= 11 is 0. The number of fused-ring (bicyclic) bond motifs is 1. The van der Waals surface area contributed by atoms with Crippen LogP contribution in [-0.4, -0.2) is 25.8 Å². The van der Waals surface area contributed by atoms with Crippen molar-refractivity contribution in [1.29, 1.82) is 0 Å². The summed E-state index contributed by atoms with van der Waals surface area (Å²) in [6.07, 6.45) is 3.20. The quantitative estimate of drug-likeness (QED) is 0.425. The topological polar surface area (TPSA) is 114 Å². The van der Waals surface area contributed by atoms with Crippen molar-refractivity contribution in [3.8, 4) is 11.4 Å². The van der Waals surface area contributed by atoms with Gasteiger partial charge in [-0.05, 0) is 42.5 Å². The number of aromatic nitrogens is 3. The number of nitro groups is 1. The molecule has 0 aliphatic heterocycles. The van der Waals surface area contributed by atoms with Crippen molar-refractivity contribution in [3.63, 3.8) is 0 Å². The zero-order valence-corrected chi connectivity index (χ0v) is 13.9. The van der Waals surface area contributed by atoms with Crippen LogP contribution >= 0.6 is 0 Å². The molecule has 8 nitrogen and oxygen atoms in total. The molecule has 0 atom stereocenters. The number of hydrogen-bond acceptors (Lipinski definition) is 5. The molecule has 0 radical (unpaired) electrons. The van der Waals surface area contributed by atoms with Crippen LogP contribution in [0.5, 0.6) is 0 Å². The van der Waals surface area contributed by atoms with Crippen LogP contribution in [0.1, 0.15) is 10.4 Å². The number of pyridine rings is 1. The van der Waals surface area contributed by atoms with Gasteiger partial charge in [-0.1, -0.05) is 0 Å². The Kier molecular flexibility index (Phi) is 4.06. The van der Waals surface area contributed by atoms with E-state index in [1.165, 1.54) is 12.1 Å². The van der Waals surface area contributed by atoms with E-state index < -0.39 is 4.92 Å². The van der Waals surface area contributed by atoms with Gasteiger partial charge in [0.15, 0.2) is 0 Å². The predicted molar refractivity (Wildman–Crippen MR) is 100 cm³/mol. The van der Waals surface area contributed by atoms with Gasteiger partial charge in [0.1, 0.15) is 5.82 Å². The first-order valence-electron chi connectivity index (χ1n) is 8.06. The van der Waals surface area contributed by atoms with E-state index in [2.05, 4.69) is 20.3 Å². The molecule has 0 aliphatic rings. The number of imidazole rings is 1.